The molecule has 0 aliphatic heterocycles. The molecule has 2 amide bonds. The van der Waals surface area contributed by atoms with E-state index in [0.29, 0.717) is 5.56 Å². The third kappa shape index (κ3) is 3.55. The largest absolute Gasteiger partial charge is 0.368 e. The zero-order valence-corrected chi connectivity index (χ0v) is 10.7. The van der Waals surface area contributed by atoms with Crippen LogP contribution in [-0.2, 0) is 4.79 Å². The molecule has 0 saturated heterocycles. The lowest BCUT2D eigenvalue weighted by atomic mass is 10.0. The van der Waals surface area contributed by atoms with Crippen molar-refractivity contribution in [3.63, 3.8) is 0 Å². The maximum absolute atomic E-state index is 13.2. The summed E-state index contributed by atoms with van der Waals surface area (Å²) < 4.78 is 13.2. The normalized spacial score (nSPS) is 12.3. The number of hydrogen-bond acceptors (Lipinski definition) is 2. The first kappa shape index (κ1) is 14.2. The maximum Gasteiger partial charge on any atom is 0.252 e. The molecular formula is C13H17FN2O2. The van der Waals surface area contributed by atoms with E-state index in [9.17, 15) is 14.0 Å². The molecule has 1 rings (SSSR count). The van der Waals surface area contributed by atoms with Crippen LogP contribution in [0.3, 0.4) is 0 Å². The minimum Gasteiger partial charge on any atom is -0.368 e. The number of rotatable bonds is 4. The van der Waals surface area contributed by atoms with Gasteiger partial charge in [-0.3, -0.25) is 9.59 Å². The Hall–Kier alpha value is -1.91. The van der Waals surface area contributed by atoms with Crippen molar-refractivity contribution in [1.82, 2.24) is 5.32 Å². The summed E-state index contributed by atoms with van der Waals surface area (Å²) in [5.41, 5.74) is 6.02. The summed E-state index contributed by atoms with van der Waals surface area (Å²) in [6.45, 7) is 5.23. The molecule has 3 N–H and O–H groups in total. The summed E-state index contributed by atoms with van der Waals surface area (Å²) in [6.07, 6.45) is 0. The third-order valence-corrected chi connectivity index (χ3v) is 2.56. The Balaban J connectivity index is 2.90. The minimum atomic E-state index is -0.763. The highest BCUT2D eigenvalue weighted by Gasteiger charge is 2.22. The van der Waals surface area contributed by atoms with E-state index in [4.69, 9.17) is 5.73 Å². The number of amides is 2. The Bertz CT molecular complexity index is 452. The SMILES string of the molecule is Cc1cc(F)cc(C(=O)N[C@H](C(N)=O)C(C)C)c1. The van der Waals surface area contributed by atoms with Crippen LogP contribution in [0.1, 0.15) is 29.8 Å². The molecule has 0 aromatic heterocycles. The van der Waals surface area contributed by atoms with Crippen molar-refractivity contribution < 1.29 is 14.0 Å². The molecule has 0 saturated carbocycles. The third-order valence-electron chi connectivity index (χ3n) is 2.56. The van der Waals surface area contributed by atoms with Crippen molar-refractivity contribution in [2.24, 2.45) is 11.7 Å². The van der Waals surface area contributed by atoms with E-state index in [1.54, 1.807) is 26.8 Å². The zero-order chi connectivity index (χ0) is 13.9. The molecule has 0 bridgehead atoms. The summed E-state index contributed by atoms with van der Waals surface area (Å²) in [7, 11) is 0. The Morgan fingerprint density at radius 1 is 1.28 bits per heavy atom. The van der Waals surface area contributed by atoms with Crippen LogP contribution in [0.15, 0.2) is 18.2 Å². The van der Waals surface area contributed by atoms with E-state index < -0.39 is 23.7 Å². The van der Waals surface area contributed by atoms with E-state index in [2.05, 4.69) is 5.32 Å². The van der Waals surface area contributed by atoms with Gasteiger partial charge in [-0.15, -0.1) is 0 Å². The summed E-state index contributed by atoms with van der Waals surface area (Å²) in [6, 6.07) is 3.24. The highest BCUT2D eigenvalue weighted by atomic mass is 19.1. The van der Waals surface area contributed by atoms with Gasteiger partial charge in [-0.2, -0.15) is 0 Å². The standard InChI is InChI=1S/C13H17FN2O2/c1-7(2)11(12(15)17)16-13(18)9-4-8(3)5-10(14)6-9/h4-7,11H,1-3H3,(H2,15,17)(H,16,18)/t11-/m0/s1. The predicted octanol–water partition coefficient (Wildman–Crippen LogP) is 1.37. The van der Waals surface area contributed by atoms with Crippen molar-refractivity contribution in [3.8, 4) is 0 Å². The number of hydrogen-bond donors (Lipinski definition) is 2. The number of carbonyl (C=O) groups is 2. The second-order valence-electron chi connectivity index (χ2n) is 4.61. The second kappa shape index (κ2) is 5.62. The van der Waals surface area contributed by atoms with Crippen LogP contribution >= 0.6 is 0 Å². The number of nitrogens with one attached hydrogen (secondary N) is 1. The van der Waals surface area contributed by atoms with Gasteiger partial charge in [0, 0.05) is 5.56 Å². The van der Waals surface area contributed by atoms with E-state index >= 15 is 0 Å². The summed E-state index contributed by atoms with van der Waals surface area (Å²) in [4.78, 5) is 23.1. The van der Waals surface area contributed by atoms with Crippen LogP contribution < -0.4 is 11.1 Å². The molecule has 0 heterocycles. The Morgan fingerprint density at radius 2 is 1.89 bits per heavy atom. The number of carbonyl (C=O) groups excluding carboxylic acids is 2. The van der Waals surface area contributed by atoms with Crippen molar-refractivity contribution in [1.29, 1.82) is 0 Å². The van der Waals surface area contributed by atoms with Gasteiger partial charge in [0.2, 0.25) is 5.91 Å². The number of nitrogens with two attached hydrogens (primary N) is 1. The second-order valence-corrected chi connectivity index (χ2v) is 4.61. The average molecular weight is 252 g/mol. The maximum atomic E-state index is 13.2. The van der Waals surface area contributed by atoms with E-state index in [1.807, 2.05) is 0 Å². The Morgan fingerprint density at radius 3 is 2.33 bits per heavy atom. The molecule has 98 valence electrons. The number of halogens is 1. The summed E-state index contributed by atoms with van der Waals surface area (Å²) in [5, 5.41) is 2.51. The predicted molar refractivity (Wildman–Crippen MR) is 66.4 cm³/mol. The van der Waals surface area contributed by atoms with Crippen LogP contribution in [0.2, 0.25) is 0 Å². The quantitative estimate of drug-likeness (QED) is 0.849. The van der Waals surface area contributed by atoms with Crippen molar-refractivity contribution >= 4 is 11.8 Å². The first-order valence-electron chi connectivity index (χ1n) is 5.68. The highest BCUT2D eigenvalue weighted by Crippen LogP contribution is 2.09. The fraction of sp³-hybridized carbons (Fsp3) is 0.385. The monoisotopic (exact) mass is 252 g/mol. The van der Waals surface area contributed by atoms with E-state index in [0.717, 1.165) is 6.07 Å². The smallest absolute Gasteiger partial charge is 0.252 e. The van der Waals surface area contributed by atoms with Crippen LogP contribution in [0, 0.1) is 18.7 Å². The molecule has 1 aromatic rings. The molecule has 18 heavy (non-hydrogen) atoms. The minimum absolute atomic E-state index is 0.124. The van der Waals surface area contributed by atoms with Gasteiger partial charge in [-0.05, 0) is 36.6 Å². The van der Waals surface area contributed by atoms with Gasteiger partial charge in [0.1, 0.15) is 11.9 Å². The van der Waals surface area contributed by atoms with Gasteiger partial charge in [-0.25, -0.2) is 4.39 Å². The average Bonchev–Trinajstić information content (AvgIpc) is 2.23. The molecule has 0 aliphatic carbocycles. The molecule has 5 heteroatoms. The molecule has 0 aliphatic rings. The molecule has 1 aromatic carbocycles. The van der Waals surface area contributed by atoms with Gasteiger partial charge in [0.05, 0.1) is 0 Å². The van der Waals surface area contributed by atoms with Gasteiger partial charge in [-0.1, -0.05) is 13.8 Å². The van der Waals surface area contributed by atoms with E-state index in [-0.39, 0.29) is 11.5 Å². The van der Waals surface area contributed by atoms with Gasteiger partial charge < -0.3 is 11.1 Å². The number of benzene rings is 1. The van der Waals surface area contributed by atoms with Crippen molar-refractivity contribution in [2.75, 3.05) is 0 Å². The number of primary amides is 1. The zero-order valence-electron chi connectivity index (χ0n) is 10.7. The lowest BCUT2D eigenvalue weighted by Crippen LogP contribution is -2.47. The molecule has 0 fully saturated rings. The first-order chi connectivity index (χ1) is 8.31. The Labute approximate surface area is 105 Å². The van der Waals surface area contributed by atoms with Gasteiger partial charge in [0.25, 0.3) is 5.91 Å². The molecule has 0 radical (unpaired) electrons. The molecule has 0 unspecified atom stereocenters. The number of aryl methyl sites for hydroxylation is 1. The lowest BCUT2D eigenvalue weighted by Gasteiger charge is -2.19. The fourth-order valence-corrected chi connectivity index (χ4v) is 1.66. The summed E-state index contributed by atoms with van der Waals surface area (Å²) in [5.74, 6) is -1.72. The van der Waals surface area contributed by atoms with Gasteiger partial charge >= 0.3 is 0 Å². The molecule has 0 spiro atoms. The Kier molecular flexibility index (Phi) is 4.42. The summed E-state index contributed by atoms with van der Waals surface area (Å²) >= 11 is 0. The van der Waals surface area contributed by atoms with Crippen LogP contribution in [0.25, 0.3) is 0 Å². The van der Waals surface area contributed by atoms with E-state index in [1.165, 1.54) is 6.07 Å². The van der Waals surface area contributed by atoms with Gasteiger partial charge in [0.15, 0.2) is 0 Å². The van der Waals surface area contributed by atoms with Crippen LogP contribution in [0.4, 0.5) is 4.39 Å². The molecule has 1 atom stereocenters. The van der Waals surface area contributed by atoms with Crippen LogP contribution in [0.5, 0.6) is 0 Å². The molecule has 4 nitrogen and oxygen atoms in total. The molecular weight excluding hydrogens is 235 g/mol. The van der Waals surface area contributed by atoms with Crippen molar-refractivity contribution in [3.05, 3.63) is 35.1 Å². The highest BCUT2D eigenvalue weighted by molar-refractivity contribution is 5.97. The topological polar surface area (TPSA) is 72.2 Å². The van der Waals surface area contributed by atoms with Crippen molar-refractivity contribution in [2.45, 2.75) is 26.8 Å². The fourth-order valence-electron chi connectivity index (χ4n) is 1.66. The van der Waals surface area contributed by atoms with Crippen LogP contribution in [-0.4, -0.2) is 17.9 Å². The lowest BCUT2D eigenvalue weighted by molar-refractivity contribution is -0.120. The first-order valence-corrected chi connectivity index (χ1v) is 5.68.